The molecule has 4 N–H and O–H groups in total. The Balaban J connectivity index is 1.60. The molecule has 2 heterocycles. The molecule has 1 saturated heterocycles. The van der Waals surface area contributed by atoms with E-state index in [0.717, 1.165) is 19.4 Å². The zero-order chi connectivity index (χ0) is 19.2. The first kappa shape index (κ1) is 19.1. The summed E-state index contributed by atoms with van der Waals surface area (Å²) in [6.07, 6.45) is 3.43. The lowest BCUT2D eigenvalue weighted by Crippen LogP contribution is -2.52. The number of nitrogens with one attached hydrogen (secondary N) is 4. The summed E-state index contributed by atoms with van der Waals surface area (Å²) in [4.78, 5) is 28.7. The molecule has 3 rings (SSSR count). The number of anilines is 2. The molecule has 1 fully saturated rings. The number of halogens is 1. The second-order valence-corrected chi connectivity index (χ2v) is 6.92. The molecule has 27 heavy (non-hydrogen) atoms. The molecule has 0 radical (unpaired) electrons. The third-order valence-corrected chi connectivity index (χ3v) is 4.65. The molecule has 8 heteroatoms. The summed E-state index contributed by atoms with van der Waals surface area (Å²) in [5.74, 6) is 0.0817. The zero-order valence-corrected chi connectivity index (χ0v) is 15.7. The molecule has 142 valence electrons. The van der Waals surface area contributed by atoms with Crippen LogP contribution in [0.5, 0.6) is 0 Å². The van der Waals surface area contributed by atoms with Crippen LogP contribution in [0.3, 0.4) is 0 Å². The highest BCUT2D eigenvalue weighted by Crippen LogP contribution is 2.15. The van der Waals surface area contributed by atoms with Gasteiger partial charge in [-0.15, -0.1) is 0 Å². The van der Waals surface area contributed by atoms with Crippen LogP contribution in [0.25, 0.3) is 0 Å². The van der Waals surface area contributed by atoms with E-state index in [4.69, 9.17) is 11.6 Å². The van der Waals surface area contributed by atoms with Crippen molar-refractivity contribution in [1.82, 2.24) is 15.6 Å². The molecule has 1 aromatic carbocycles. The van der Waals surface area contributed by atoms with Crippen LogP contribution in [0.2, 0.25) is 5.02 Å². The molecule has 0 bridgehead atoms. The second-order valence-electron chi connectivity index (χ2n) is 6.49. The molecule has 1 aliphatic heterocycles. The molecule has 0 saturated carbocycles. The van der Waals surface area contributed by atoms with Gasteiger partial charge in [-0.1, -0.05) is 17.7 Å². The Labute approximate surface area is 162 Å². The summed E-state index contributed by atoms with van der Waals surface area (Å²) < 4.78 is 0. The van der Waals surface area contributed by atoms with Gasteiger partial charge in [0.15, 0.2) is 0 Å². The van der Waals surface area contributed by atoms with Gasteiger partial charge in [0.25, 0.3) is 5.91 Å². The smallest absolute Gasteiger partial charge is 0.319 e. The van der Waals surface area contributed by atoms with Crippen molar-refractivity contribution in [2.75, 3.05) is 17.2 Å². The Hall–Kier alpha value is -2.64. The average molecular weight is 388 g/mol. The topological polar surface area (TPSA) is 95.1 Å². The highest BCUT2D eigenvalue weighted by Gasteiger charge is 2.22. The van der Waals surface area contributed by atoms with E-state index in [0.29, 0.717) is 22.1 Å². The lowest BCUT2D eigenvalue weighted by molar-refractivity contribution is 0.102. The fraction of sp³-hybridized carbons (Fsp3) is 0.316. The number of rotatable bonds is 4. The van der Waals surface area contributed by atoms with Gasteiger partial charge in [-0.05, 0) is 56.6 Å². The number of carbonyl (C=O) groups excluding carboxylic acids is 2. The maximum Gasteiger partial charge on any atom is 0.319 e. The number of urea groups is 1. The van der Waals surface area contributed by atoms with E-state index < -0.39 is 0 Å². The Kier molecular flexibility index (Phi) is 6.26. The van der Waals surface area contributed by atoms with Crippen LogP contribution in [0, 0.1) is 0 Å². The third kappa shape index (κ3) is 5.42. The van der Waals surface area contributed by atoms with Gasteiger partial charge < -0.3 is 21.3 Å². The predicted molar refractivity (Wildman–Crippen MR) is 106 cm³/mol. The van der Waals surface area contributed by atoms with Gasteiger partial charge in [0.05, 0.1) is 5.02 Å². The molecule has 0 aliphatic carbocycles. The Morgan fingerprint density at radius 1 is 1.22 bits per heavy atom. The SMILES string of the molecule is CC1NCCCC1NC(=O)Nc1cccc(C(=O)Nc2ccc(Cl)cn2)c1. The van der Waals surface area contributed by atoms with E-state index in [-0.39, 0.29) is 24.0 Å². The van der Waals surface area contributed by atoms with E-state index >= 15 is 0 Å². The van der Waals surface area contributed by atoms with Crippen molar-refractivity contribution in [3.63, 3.8) is 0 Å². The van der Waals surface area contributed by atoms with Crippen LogP contribution < -0.4 is 21.3 Å². The monoisotopic (exact) mass is 387 g/mol. The van der Waals surface area contributed by atoms with Crippen molar-refractivity contribution < 1.29 is 9.59 Å². The number of carbonyl (C=O) groups is 2. The maximum absolute atomic E-state index is 12.4. The van der Waals surface area contributed by atoms with Crippen molar-refractivity contribution in [2.24, 2.45) is 0 Å². The molecule has 7 nitrogen and oxygen atoms in total. The lowest BCUT2D eigenvalue weighted by atomic mass is 10.0. The summed E-state index contributed by atoms with van der Waals surface area (Å²) in [6, 6.07) is 10.0. The van der Waals surface area contributed by atoms with E-state index in [1.54, 1.807) is 36.4 Å². The summed E-state index contributed by atoms with van der Waals surface area (Å²) in [5, 5.41) is 12.3. The van der Waals surface area contributed by atoms with Gasteiger partial charge >= 0.3 is 6.03 Å². The predicted octanol–water partition coefficient (Wildman–Crippen LogP) is 3.25. The van der Waals surface area contributed by atoms with Gasteiger partial charge in [-0.3, -0.25) is 4.79 Å². The summed E-state index contributed by atoms with van der Waals surface area (Å²) in [7, 11) is 0. The molecule has 1 aromatic heterocycles. The largest absolute Gasteiger partial charge is 0.334 e. The van der Waals surface area contributed by atoms with Crippen LogP contribution in [0.4, 0.5) is 16.3 Å². The van der Waals surface area contributed by atoms with Crippen LogP contribution in [-0.2, 0) is 0 Å². The molecular weight excluding hydrogens is 366 g/mol. The molecule has 2 unspecified atom stereocenters. The molecular formula is C19H22ClN5O2. The summed E-state index contributed by atoms with van der Waals surface area (Å²) in [5.41, 5.74) is 0.956. The number of benzene rings is 1. The van der Waals surface area contributed by atoms with E-state index in [9.17, 15) is 9.59 Å². The third-order valence-electron chi connectivity index (χ3n) is 4.43. The molecule has 0 spiro atoms. The highest BCUT2D eigenvalue weighted by atomic mass is 35.5. The number of nitrogens with zero attached hydrogens (tertiary/aromatic N) is 1. The van der Waals surface area contributed by atoms with Crippen LogP contribution in [0.15, 0.2) is 42.6 Å². The van der Waals surface area contributed by atoms with Crippen molar-refractivity contribution in [1.29, 1.82) is 0 Å². The van der Waals surface area contributed by atoms with Gasteiger partial charge in [0.2, 0.25) is 0 Å². The van der Waals surface area contributed by atoms with Gasteiger partial charge in [-0.25, -0.2) is 9.78 Å². The number of hydrogen-bond acceptors (Lipinski definition) is 4. The number of pyridine rings is 1. The van der Waals surface area contributed by atoms with Crippen molar-refractivity contribution >= 4 is 35.0 Å². The average Bonchev–Trinajstić information content (AvgIpc) is 2.65. The minimum atomic E-state index is -0.320. The van der Waals surface area contributed by atoms with E-state index in [1.807, 2.05) is 0 Å². The molecule has 2 atom stereocenters. The van der Waals surface area contributed by atoms with Gasteiger partial charge in [-0.2, -0.15) is 0 Å². The van der Waals surface area contributed by atoms with Gasteiger partial charge in [0, 0.05) is 29.5 Å². The Morgan fingerprint density at radius 2 is 2.07 bits per heavy atom. The second kappa shape index (κ2) is 8.83. The van der Waals surface area contributed by atoms with Crippen LogP contribution in [0.1, 0.15) is 30.1 Å². The fourth-order valence-electron chi connectivity index (χ4n) is 2.95. The first-order valence-electron chi connectivity index (χ1n) is 8.85. The first-order valence-corrected chi connectivity index (χ1v) is 9.23. The van der Waals surface area contributed by atoms with Crippen molar-refractivity contribution in [2.45, 2.75) is 31.8 Å². The summed E-state index contributed by atoms with van der Waals surface area (Å²) >= 11 is 5.79. The molecule has 3 amide bonds. The highest BCUT2D eigenvalue weighted by molar-refractivity contribution is 6.30. The minimum Gasteiger partial charge on any atom is -0.334 e. The van der Waals surface area contributed by atoms with Gasteiger partial charge in [0.1, 0.15) is 5.82 Å². The normalized spacial score (nSPS) is 19.2. The summed E-state index contributed by atoms with van der Waals surface area (Å²) in [6.45, 7) is 3.03. The Bertz CT molecular complexity index is 812. The fourth-order valence-corrected chi connectivity index (χ4v) is 3.06. The van der Waals surface area contributed by atoms with E-state index in [1.165, 1.54) is 6.20 Å². The number of piperidine rings is 1. The van der Waals surface area contributed by atoms with E-state index in [2.05, 4.69) is 33.2 Å². The maximum atomic E-state index is 12.4. The molecule has 2 aromatic rings. The lowest BCUT2D eigenvalue weighted by Gasteiger charge is -2.30. The minimum absolute atomic E-state index is 0.0845. The van der Waals surface area contributed by atoms with Crippen molar-refractivity contribution in [3.05, 3.63) is 53.2 Å². The number of amides is 3. The van der Waals surface area contributed by atoms with Crippen LogP contribution in [-0.4, -0.2) is 35.6 Å². The number of hydrogen-bond donors (Lipinski definition) is 4. The zero-order valence-electron chi connectivity index (χ0n) is 15.0. The molecule has 1 aliphatic rings. The standard InChI is InChI=1S/C19H22ClN5O2/c1-12-16(6-3-9-21-12)24-19(27)23-15-5-2-4-13(10-15)18(26)25-17-8-7-14(20)11-22-17/h2,4-5,7-8,10-12,16,21H,3,6,9H2,1H3,(H,22,25,26)(H2,23,24,27). The first-order chi connectivity index (χ1) is 13.0. The van der Waals surface area contributed by atoms with Crippen molar-refractivity contribution in [3.8, 4) is 0 Å². The van der Waals surface area contributed by atoms with Crippen LogP contribution >= 0.6 is 11.6 Å². The Morgan fingerprint density at radius 3 is 2.81 bits per heavy atom. The quantitative estimate of drug-likeness (QED) is 0.647. The number of aromatic nitrogens is 1.